The van der Waals surface area contributed by atoms with Crippen molar-refractivity contribution < 1.29 is 4.74 Å². The third kappa shape index (κ3) is 7.86. The normalized spacial score (nSPS) is 11.1. The first-order chi connectivity index (χ1) is 8.61. The summed E-state index contributed by atoms with van der Waals surface area (Å²) >= 11 is 0. The zero-order valence-corrected chi connectivity index (χ0v) is 14.0. The summed E-state index contributed by atoms with van der Waals surface area (Å²) in [5.41, 5.74) is 6.76. The number of rotatable bonds is 6. The van der Waals surface area contributed by atoms with E-state index in [0.29, 0.717) is 24.3 Å². The Hall–Kier alpha value is -1.05. The molecule has 5 nitrogen and oxygen atoms in total. The van der Waals surface area contributed by atoms with E-state index in [2.05, 4.69) is 29.1 Å². The van der Waals surface area contributed by atoms with Gasteiger partial charge in [0.15, 0.2) is 5.96 Å². The highest BCUT2D eigenvalue weighted by Crippen LogP contribution is 2.07. The fourth-order valence-corrected chi connectivity index (χ4v) is 1.35. The number of nitrogens with one attached hydrogen (secondary N) is 1. The summed E-state index contributed by atoms with van der Waals surface area (Å²) in [6.45, 7) is 5.74. The molecule has 0 aliphatic carbocycles. The lowest BCUT2D eigenvalue weighted by molar-refractivity contribution is 0.397. The summed E-state index contributed by atoms with van der Waals surface area (Å²) in [7, 11) is 1.59. The molecule has 0 aliphatic heterocycles. The minimum Gasteiger partial charge on any atom is -0.481 e. The van der Waals surface area contributed by atoms with Gasteiger partial charge in [-0.25, -0.2) is 9.98 Å². The molecule has 0 radical (unpaired) electrons. The number of guanidine groups is 1. The van der Waals surface area contributed by atoms with Gasteiger partial charge >= 0.3 is 0 Å². The maximum atomic E-state index is 5.76. The van der Waals surface area contributed by atoms with Crippen molar-refractivity contribution in [2.24, 2.45) is 16.6 Å². The minimum absolute atomic E-state index is 0. The van der Waals surface area contributed by atoms with E-state index in [1.165, 1.54) is 0 Å². The molecule has 108 valence electrons. The van der Waals surface area contributed by atoms with E-state index in [1.807, 2.05) is 12.1 Å². The molecule has 0 saturated carbocycles. The molecule has 0 saturated heterocycles. The van der Waals surface area contributed by atoms with Crippen LogP contribution in [-0.4, -0.2) is 24.6 Å². The Balaban J connectivity index is 0.00000324. The fourth-order valence-electron chi connectivity index (χ4n) is 1.35. The van der Waals surface area contributed by atoms with Gasteiger partial charge in [0, 0.05) is 18.8 Å². The van der Waals surface area contributed by atoms with Gasteiger partial charge in [-0.15, -0.1) is 24.0 Å². The topological polar surface area (TPSA) is 72.5 Å². The molecule has 0 bridgehead atoms. The van der Waals surface area contributed by atoms with Gasteiger partial charge in [-0.2, -0.15) is 0 Å². The number of pyridine rings is 1. The van der Waals surface area contributed by atoms with Gasteiger partial charge in [0.25, 0.3) is 0 Å². The Morgan fingerprint density at radius 2 is 2.21 bits per heavy atom. The third-order valence-corrected chi connectivity index (χ3v) is 2.47. The van der Waals surface area contributed by atoms with Crippen LogP contribution in [0.25, 0.3) is 0 Å². The van der Waals surface area contributed by atoms with Crippen LogP contribution in [0, 0.1) is 5.92 Å². The molecular formula is C13H23IN4O. The van der Waals surface area contributed by atoms with Crippen LogP contribution in [0.3, 0.4) is 0 Å². The average Bonchev–Trinajstić information content (AvgIpc) is 2.36. The molecule has 1 rings (SSSR count). The fraction of sp³-hybridized carbons (Fsp3) is 0.538. The molecule has 0 unspecified atom stereocenters. The zero-order chi connectivity index (χ0) is 13.4. The van der Waals surface area contributed by atoms with Crippen molar-refractivity contribution in [3.05, 3.63) is 23.9 Å². The number of nitrogens with zero attached hydrogens (tertiary/aromatic N) is 2. The highest BCUT2D eigenvalue weighted by Gasteiger charge is 1.97. The first-order valence-corrected chi connectivity index (χ1v) is 6.14. The summed E-state index contributed by atoms with van der Waals surface area (Å²) in [4.78, 5) is 8.36. The number of aromatic nitrogens is 1. The number of aliphatic imine (C=N–C) groups is 1. The zero-order valence-electron chi connectivity index (χ0n) is 11.7. The Kier molecular flexibility index (Phi) is 9.28. The number of ether oxygens (including phenoxy) is 1. The van der Waals surface area contributed by atoms with Crippen molar-refractivity contribution in [1.29, 1.82) is 0 Å². The van der Waals surface area contributed by atoms with E-state index in [4.69, 9.17) is 10.5 Å². The van der Waals surface area contributed by atoms with Crippen molar-refractivity contribution in [2.45, 2.75) is 26.8 Å². The number of halogens is 1. The quantitative estimate of drug-likeness (QED) is 0.452. The standard InChI is InChI=1S/C13H22N4O.HI/c1-10(2)6-7-15-13(14)17-9-11-4-5-12(18-3)16-8-11;/h4-5,8,10H,6-7,9H2,1-3H3,(H3,14,15,17);1H. The number of methoxy groups -OCH3 is 1. The van der Waals surface area contributed by atoms with Crippen LogP contribution in [-0.2, 0) is 6.54 Å². The van der Waals surface area contributed by atoms with Crippen LogP contribution in [0.4, 0.5) is 0 Å². The summed E-state index contributed by atoms with van der Waals surface area (Å²) in [6.07, 6.45) is 2.82. The van der Waals surface area contributed by atoms with E-state index >= 15 is 0 Å². The number of hydrogen-bond acceptors (Lipinski definition) is 3. The Morgan fingerprint density at radius 1 is 1.47 bits per heavy atom. The molecule has 3 N–H and O–H groups in total. The molecule has 19 heavy (non-hydrogen) atoms. The minimum atomic E-state index is 0. The van der Waals surface area contributed by atoms with Gasteiger partial charge in [-0.05, 0) is 17.9 Å². The van der Waals surface area contributed by atoms with Gasteiger partial charge in [0.05, 0.1) is 13.7 Å². The summed E-state index contributed by atoms with van der Waals surface area (Å²) in [5.74, 6) is 1.74. The van der Waals surface area contributed by atoms with Crippen molar-refractivity contribution in [3.8, 4) is 5.88 Å². The van der Waals surface area contributed by atoms with Crippen LogP contribution < -0.4 is 15.8 Å². The first kappa shape index (κ1) is 17.9. The smallest absolute Gasteiger partial charge is 0.212 e. The molecule has 0 aromatic carbocycles. The van der Waals surface area contributed by atoms with E-state index in [9.17, 15) is 0 Å². The largest absolute Gasteiger partial charge is 0.481 e. The van der Waals surface area contributed by atoms with Gasteiger partial charge in [-0.1, -0.05) is 19.9 Å². The van der Waals surface area contributed by atoms with Crippen molar-refractivity contribution in [1.82, 2.24) is 10.3 Å². The van der Waals surface area contributed by atoms with Crippen LogP contribution in [0.2, 0.25) is 0 Å². The highest BCUT2D eigenvalue weighted by molar-refractivity contribution is 14.0. The number of nitrogens with two attached hydrogens (primary N) is 1. The third-order valence-electron chi connectivity index (χ3n) is 2.47. The van der Waals surface area contributed by atoms with E-state index < -0.39 is 0 Å². The molecule has 0 amide bonds. The molecular weight excluding hydrogens is 355 g/mol. The highest BCUT2D eigenvalue weighted by atomic mass is 127. The molecule has 1 aromatic rings. The average molecular weight is 378 g/mol. The van der Waals surface area contributed by atoms with Crippen LogP contribution in [0.1, 0.15) is 25.8 Å². The molecule has 0 spiro atoms. The van der Waals surface area contributed by atoms with Gasteiger partial charge < -0.3 is 15.8 Å². The number of hydrogen-bond donors (Lipinski definition) is 2. The first-order valence-electron chi connectivity index (χ1n) is 6.14. The lowest BCUT2D eigenvalue weighted by atomic mass is 10.1. The predicted molar refractivity (Wildman–Crippen MR) is 89.0 cm³/mol. The van der Waals surface area contributed by atoms with Gasteiger partial charge in [0.2, 0.25) is 5.88 Å². The monoisotopic (exact) mass is 378 g/mol. The van der Waals surface area contributed by atoms with Gasteiger partial charge in [0.1, 0.15) is 0 Å². The second-order valence-electron chi connectivity index (χ2n) is 4.52. The molecule has 0 atom stereocenters. The molecule has 1 aromatic heterocycles. The molecule has 6 heteroatoms. The second kappa shape index (κ2) is 9.82. The molecule has 1 heterocycles. The molecule has 0 fully saturated rings. The van der Waals surface area contributed by atoms with Crippen LogP contribution >= 0.6 is 24.0 Å². The Morgan fingerprint density at radius 3 is 2.74 bits per heavy atom. The molecule has 0 aliphatic rings. The summed E-state index contributed by atoms with van der Waals surface area (Å²) < 4.78 is 4.99. The van der Waals surface area contributed by atoms with Crippen LogP contribution in [0.15, 0.2) is 23.3 Å². The maximum Gasteiger partial charge on any atom is 0.212 e. The maximum absolute atomic E-state index is 5.76. The van der Waals surface area contributed by atoms with Crippen LogP contribution in [0.5, 0.6) is 5.88 Å². The second-order valence-corrected chi connectivity index (χ2v) is 4.52. The van der Waals surface area contributed by atoms with Crippen molar-refractivity contribution >= 4 is 29.9 Å². The summed E-state index contributed by atoms with van der Waals surface area (Å²) in [5, 5.41) is 3.09. The van der Waals surface area contributed by atoms with E-state index in [0.717, 1.165) is 18.5 Å². The van der Waals surface area contributed by atoms with Gasteiger partial charge in [-0.3, -0.25) is 0 Å². The van der Waals surface area contributed by atoms with Crippen molar-refractivity contribution in [3.63, 3.8) is 0 Å². The lowest BCUT2D eigenvalue weighted by Crippen LogP contribution is -2.32. The summed E-state index contributed by atoms with van der Waals surface area (Å²) in [6, 6.07) is 3.74. The van der Waals surface area contributed by atoms with E-state index in [-0.39, 0.29) is 24.0 Å². The lowest BCUT2D eigenvalue weighted by Gasteiger charge is -2.07. The predicted octanol–water partition coefficient (Wildman–Crippen LogP) is 2.16. The van der Waals surface area contributed by atoms with E-state index in [1.54, 1.807) is 13.3 Å². The van der Waals surface area contributed by atoms with Crippen molar-refractivity contribution in [2.75, 3.05) is 13.7 Å². The Bertz CT molecular complexity index is 379. The Labute approximate surface area is 132 Å². The SMILES string of the molecule is COc1ccc(CN=C(N)NCCC(C)C)cn1.I.